The highest BCUT2D eigenvalue weighted by Gasteiger charge is 2.36. The smallest absolute Gasteiger partial charge is 0.159 e. The maximum absolute atomic E-state index is 9.97. The van der Waals surface area contributed by atoms with E-state index in [0.717, 1.165) is 0 Å². The molecule has 0 amide bonds. The number of furan rings is 1. The molecule has 7 aromatic carbocycles. The van der Waals surface area contributed by atoms with Crippen molar-refractivity contribution in [2.24, 2.45) is 0 Å². The average Bonchev–Trinajstić information content (AvgIpc) is 4.10. The van der Waals surface area contributed by atoms with Crippen molar-refractivity contribution in [1.29, 1.82) is 0 Å². The third-order valence-corrected chi connectivity index (χ3v) is 7.30. The molecule has 8 aromatic rings. The molecule has 0 atom stereocenters. The first kappa shape index (κ1) is 9.45. The van der Waals surface area contributed by atoms with Crippen LogP contribution in [0.1, 0.15) is 67.3 Å². The molecule has 9 rings (SSSR count). The summed E-state index contributed by atoms with van der Waals surface area (Å²) in [7, 11) is 0. The molecule has 0 N–H and O–H groups in total. The lowest BCUT2D eigenvalue weighted by atomic mass is 9.82. The summed E-state index contributed by atoms with van der Waals surface area (Å²) in [4.78, 5) is 0.299. The van der Waals surface area contributed by atoms with Gasteiger partial charge >= 0.3 is 0 Å². The van der Waals surface area contributed by atoms with Gasteiger partial charge in [0.05, 0.1) is 40.0 Å². The minimum atomic E-state index is -3.97. The Morgan fingerprint density at radius 1 is 0.511 bits per heavy atom. The standard InChI is InChI=1S/C43H31NO/c1-43(2)38-22-12-11-19-32(38)33-25-24-30(26-39(33)43)44(29-16-7-4-8-17-29)40-23-13-21-35-37-27-36(28-14-5-3-6-15-28)31-18-9-10-20-34(31)41(37)45-42(35)40/h3-27H,1-2H3/i1D3,2D3,3D,4D,5D,6D,7D,8D,9D,10D,11D,12D,13D,14D,15D,16D,17D,18D,19D,20D,21D,22D,23D,24D,25D,26D,27D. The van der Waals surface area contributed by atoms with Crippen molar-refractivity contribution in [2.75, 3.05) is 4.90 Å². The van der Waals surface area contributed by atoms with Crippen LogP contribution in [-0.2, 0) is 5.41 Å². The third-order valence-electron chi connectivity index (χ3n) is 7.30. The van der Waals surface area contributed by atoms with Crippen LogP contribution < -0.4 is 4.90 Å². The second-order valence-corrected chi connectivity index (χ2v) is 9.77. The second kappa shape index (κ2) is 9.70. The van der Waals surface area contributed by atoms with Crippen LogP contribution in [0.3, 0.4) is 0 Å². The molecule has 1 aliphatic carbocycles. The Labute approximate surface area is 306 Å². The number of anilines is 3. The van der Waals surface area contributed by atoms with Crippen LogP contribution in [0.2, 0.25) is 0 Å². The lowest BCUT2D eigenvalue weighted by molar-refractivity contribution is 0.660. The molecule has 1 aliphatic rings. The molecule has 2 nitrogen and oxygen atoms in total. The summed E-state index contributed by atoms with van der Waals surface area (Å²) in [6.07, 6.45) is 0. The van der Waals surface area contributed by atoms with Gasteiger partial charge in [-0.05, 0) is 75.0 Å². The molecule has 0 radical (unpaired) electrons. The molecule has 45 heavy (non-hydrogen) atoms. The first-order valence-electron chi connectivity index (χ1n) is 28.6. The van der Waals surface area contributed by atoms with Crippen LogP contribution in [0.25, 0.3) is 55.0 Å². The zero-order valence-electron chi connectivity index (χ0n) is 53.4. The van der Waals surface area contributed by atoms with Gasteiger partial charge in [0.1, 0.15) is 5.58 Å². The monoisotopic (exact) mass is 608 g/mol. The Morgan fingerprint density at radius 2 is 1.18 bits per heavy atom. The summed E-state index contributed by atoms with van der Waals surface area (Å²) in [6.45, 7) is -7.95. The van der Waals surface area contributed by atoms with Gasteiger partial charge in [0.15, 0.2) is 5.58 Å². The molecule has 1 heterocycles. The Kier molecular flexibility index (Phi) is 2.04. The fourth-order valence-corrected chi connectivity index (χ4v) is 5.37. The first-order valence-corrected chi connectivity index (χ1v) is 13.1. The number of fused-ring (bicyclic) bond motifs is 8. The SMILES string of the molecule is [2H]c1c([2H])c([2H])c(-c2c([2H])c3c(oc4c(N(c5c([2H])c([2H])c([2H])c([2H])c5[2H])c5c([2H])c([2H])c6c(c5[2H])C(C([2H])([2H])[2H])(C([2H])([2H])[2H])c5c([2H])c([2H])c([2H])c([2H])c5-6)c([2H])c([2H])c([2H])c43)c3c([2H])c([2H])c([2H])c([2H])c23)c([2H])c1[2H]. The van der Waals surface area contributed by atoms with Crippen LogP contribution in [-0.4, -0.2) is 0 Å². The van der Waals surface area contributed by atoms with Gasteiger partial charge in [-0.1, -0.05) is 129 Å². The highest BCUT2D eigenvalue weighted by molar-refractivity contribution is 6.21. The second-order valence-electron chi connectivity index (χ2n) is 9.77. The van der Waals surface area contributed by atoms with Crippen molar-refractivity contribution in [3.63, 3.8) is 0 Å². The van der Waals surface area contributed by atoms with E-state index in [1.165, 1.54) is 0 Å². The minimum Gasteiger partial charge on any atom is -0.453 e. The predicted octanol–water partition coefficient (Wildman–Crippen LogP) is 12.2. The van der Waals surface area contributed by atoms with Crippen molar-refractivity contribution in [1.82, 2.24) is 0 Å². The van der Waals surface area contributed by atoms with E-state index in [1.807, 2.05) is 0 Å². The Balaban J connectivity index is 1.60. The van der Waals surface area contributed by atoms with E-state index in [2.05, 4.69) is 0 Å². The van der Waals surface area contributed by atoms with Gasteiger partial charge in [-0.3, -0.25) is 0 Å². The average molecular weight is 609 g/mol. The summed E-state index contributed by atoms with van der Waals surface area (Å²) >= 11 is 0. The van der Waals surface area contributed by atoms with E-state index in [4.69, 9.17) is 34.6 Å². The van der Waals surface area contributed by atoms with E-state index in [0.29, 0.717) is 4.90 Å². The van der Waals surface area contributed by atoms with Crippen LogP contribution >= 0.6 is 0 Å². The Hall–Kier alpha value is -5.60. The predicted molar refractivity (Wildman–Crippen MR) is 189 cm³/mol. The van der Waals surface area contributed by atoms with Crippen LogP contribution in [0, 0.1) is 0 Å². The lowest BCUT2D eigenvalue weighted by Crippen LogP contribution is -2.16. The Bertz CT molecular complexity index is 3970. The van der Waals surface area contributed by atoms with Gasteiger partial charge in [-0.25, -0.2) is 0 Å². The maximum Gasteiger partial charge on any atom is 0.159 e. The highest BCUT2D eigenvalue weighted by atomic mass is 16.3. The normalized spacial score (nSPS) is 23.6. The summed E-state index contributed by atoms with van der Waals surface area (Å²) in [5.41, 5.74) is -14.9. The molecule has 2 heteroatoms. The molecular formula is C43H31NO. The van der Waals surface area contributed by atoms with Gasteiger partial charge in [0.2, 0.25) is 0 Å². The summed E-state index contributed by atoms with van der Waals surface area (Å²) < 4.78 is 284. The largest absolute Gasteiger partial charge is 0.453 e. The number of nitrogens with zero attached hydrogens (tertiary/aromatic N) is 1. The molecule has 214 valence electrons. The maximum atomic E-state index is 9.97. The highest BCUT2D eigenvalue weighted by Crippen LogP contribution is 2.51. The molecule has 0 spiro atoms. The molecule has 1 aromatic heterocycles. The van der Waals surface area contributed by atoms with Crippen LogP contribution in [0.5, 0.6) is 0 Å². The van der Waals surface area contributed by atoms with Crippen LogP contribution in [0.15, 0.2) is 155 Å². The zero-order chi connectivity index (χ0) is 56.9. The molecule has 0 saturated heterocycles. The van der Waals surface area contributed by atoms with E-state index in [-0.39, 0.29) is 0 Å². The van der Waals surface area contributed by atoms with Crippen molar-refractivity contribution < 1.29 is 46.9 Å². The summed E-state index contributed by atoms with van der Waals surface area (Å²) in [5, 5.41) is -2.89. The first-order chi connectivity index (χ1) is 35.0. The van der Waals surface area contributed by atoms with Gasteiger partial charge < -0.3 is 9.32 Å². The zero-order valence-corrected chi connectivity index (χ0v) is 22.4. The van der Waals surface area contributed by atoms with E-state index in [1.54, 1.807) is 0 Å². The number of para-hydroxylation sites is 2. The minimum absolute atomic E-state index is 0.299. The van der Waals surface area contributed by atoms with E-state index in [9.17, 15) is 12.3 Å². The van der Waals surface area contributed by atoms with E-state index >= 15 is 0 Å². The summed E-state index contributed by atoms with van der Waals surface area (Å²) in [5.74, 6) is 0. The molecule has 0 bridgehead atoms. The van der Waals surface area contributed by atoms with Crippen molar-refractivity contribution in [3.8, 4) is 22.3 Å². The summed E-state index contributed by atoms with van der Waals surface area (Å²) in [6, 6.07) is -27.4. The molecular weight excluding hydrogens is 546 g/mol. The fourth-order valence-electron chi connectivity index (χ4n) is 5.37. The van der Waals surface area contributed by atoms with Gasteiger partial charge in [-0.2, -0.15) is 0 Å². The van der Waals surface area contributed by atoms with Crippen molar-refractivity contribution >= 4 is 49.8 Å². The van der Waals surface area contributed by atoms with Gasteiger partial charge in [0.25, 0.3) is 0 Å². The topological polar surface area (TPSA) is 16.4 Å². The lowest BCUT2D eigenvalue weighted by Gasteiger charge is -2.28. The quantitative estimate of drug-likeness (QED) is 0.198. The number of hydrogen-bond acceptors (Lipinski definition) is 2. The number of hydrogen-bond donors (Lipinski definition) is 0. The van der Waals surface area contributed by atoms with Crippen molar-refractivity contribution in [3.05, 3.63) is 162 Å². The molecule has 0 aliphatic heterocycles. The van der Waals surface area contributed by atoms with Crippen LogP contribution in [0.4, 0.5) is 17.1 Å². The molecule has 0 fully saturated rings. The third kappa shape index (κ3) is 3.82. The Morgan fingerprint density at radius 3 is 2.00 bits per heavy atom. The van der Waals surface area contributed by atoms with Crippen molar-refractivity contribution in [2.45, 2.75) is 19.1 Å². The van der Waals surface area contributed by atoms with E-state index < -0.39 is 253 Å². The fraction of sp³-hybridized carbons (Fsp3) is 0.0698. The number of benzene rings is 7. The molecule has 0 unspecified atom stereocenters. The van der Waals surface area contributed by atoms with Gasteiger partial charge in [-0.15, -0.1) is 0 Å². The molecule has 0 saturated carbocycles. The van der Waals surface area contributed by atoms with Gasteiger partial charge in [0, 0.05) is 41.2 Å². The number of rotatable bonds is 4.